The Labute approximate surface area is 110 Å². The monoisotopic (exact) mass is 252 g/mol. The van der Waals surface area contributed by atoms with Gasteiger partial charge in [0.2, 0.25) is 5.91 Å². The summed E-state index contributed by atoms with van der Waals surface area (Å²) in [7, 11) is 0. The van der Waals surface area contributed by atoms with Gasteiger partial charge in [-0.15, -0.1) is 0 Å². The van der Waals surface area contributed by atoms with Gasteiger partial charge in [0, 0.05) is 19.1 Å². The number of rotatable bonds is 7. The number of carbonyl (C=O) groups excluding carboxylic acids is 1. The summed E-state index contributed by atoms with van der Waals surface area (Å²) in [5.74, 6) is -0.0314. The third-order valence-corrected chi connectivity index (χ3v) is 3.30. The molecule has 1 saturated heterocycles. The van der Waals surface area contributed by atoms with E-state index in [-0.39, 0.29) is 5.91 Å². The molecule has 1 heterocycles. The van der Waals surface area contributed by atoms with Crippen LogP contribution < -0.4 is 10.6 Å². The third-order valence-electron chi connectivity index (χ3n) is 3.30. The molecule has 18 heavy (non-hydrogen) atoms. The van der Waals surface area contributed by atoms with Crippen LogP contribution >= 0.6 is 0 Å². The van der Waals surface area contributed by atoms with Crippen molar-refractivity contribution in [1.82, 2.24) is 15.5 Å². The van der Waals surface area contributed by atoms with Crippen LogP contribution in [0.5, 0.6) is 0 Å². The Bertz CT molecular complexity index is 281. The molecule has 2 N–H and O–H groups in total. The fourth-order valence-corrected chi connectivity index (χ4v) is 2.20. The van der Waals surface area contributed by atoms with Crippen molar-refractivity contribution in [3.8, 4) is 6.07 Å². The molecule has 1 unspecified atom stereocenters. The lowest BCUT2D eigenvalue weighted by atomic mass is 10.1. The van der Waals surface area contributed by atoms with Gasteiger partial charge in [0.1, 0.15) is 0 Å². The first kappa shape index (κ1) is 14.9. The molecule has 1 amide bonds. The number of amides is 1. The van der Waals surface area contributed by atoms with Crippen LogP contribution in [0.15, 0.2) is 0 Å². The Balaban J connectivity index is 2.05. The lowest BCUT2D eigenvalue weighted by molar-refractivity contribution is -0.120. The molecule has 0 aromatic carbocycles. The van der Waals surface area contributed by atoms with E-state index in [9.17, 15) is 4.79 Å². The largest absolute Gasteiger partial charge is 0.354 e. The van der Waals surface area contributed by atoms with Crippen LogP contribution in [0.25, 0.3) is 0 Å². The molecule has 1 atom stereocenters. The minimum atomic E-state index is -0.0314. The Morgan fingerprint density at radius 1 is 1.39 bits per heavy atom. The van der Waals surface area contributed by atoms with E-state index >= 15 is 0 Å². The highest BCUT2D eigenvalue weighted by Gasteiger charge is 2.16. The molecule has 102 valence electrons. The molecular weight excluding hydrogens is 228 g/mol. The molecular formula is C13H24N4O. The Hall–Kier alpha value is -1.12. The normalized spacial score (nSPS) is 18.0. The maximum atomic E-state index is 11.4. The van der Waals surface area contributed by atoms with Crippen LogP contribution in [0.1, 0.15) is 32.6 Å². The van der Waals surface area contributed by atoms with Crippen molar-refractivity contribution in [3.05, 3.63) is 0 Å². The number of hydrogen-bond acceptors (Lipinski definition) is 4. The van der Waals surface area contributed by atoms with Gasteiger partial charge in [0.15, 0.2) is 0 Å². The zero-order valence-electron chi connectivity index (χ0n) is 11.2. The van der Waals surface area contributed by atoms with Crippen LogP contribution in [0.3, 0.4) is 0 Å². The van der Waals surface area contributed by atoms with Gasteiger partial charge in [-0.2, -0.15) is 5.26 Å². The van der Waals surface area contributed by atoms with E-state index in [1.807, 2.05) is 6.07 Å². The molecule has 0 saturated carbocycles. The summed E-state index contributed by atoms with van der Waals surface area (Å²) >= 11 is 0. The topological polar surface area (TPSA) is 68.2 Å². The minimum Gasteiger partial charge on any atom is -0.354 e. The Morgan fingerprint density at radius 3 is 2.78 bits per heavy atom. The molecule has 0 bridgehead atoms. The highest BCUT2D eigenvalue weighted by atomic mass is 16.1. The number of likely N-dealkylation sites (tertiary alicyclic amines) is 1. The van der Waals surface area contributed by atoms with Crippen molar-refractivity contribution in [1.29, 1.82) is 5.26 Å². The van der Waals surface area contributed by atoms with Crippen molar-refractivity contribution in [3.63, 3.8) is 0 Å². The van der Waals surface area contributed by atoms with Gasteiger partial charge in [0.25, 0.3) is 0 Å². The van der Waals surface area contributed by atoms with Gasteiger partial charge in [0.05, 0.1) is 19.0 Å². The van der Waals surface area contributed by atoms with E-state index in [4.69, 9.17) is 5.26 Å². The second-order valence-corrected chi connectivity index (χ2v) is 4.83. The van der Waals surface area contributed by atoms with Crippen LogP contribution in [0.2, 0.25) is 0 Å². The molecule has 0 spiro atoms. The summed E-state index contributed by atoms with van der Waals surface area (Å²) in [6.07, 6.45) is 4.30. The summed E-state index contributed by atoms with van der Waals surface area (Å²) < 4.78 is 0. The van der Waals surface area contributed by atoms with Gasteiger partial charge in [-0.1, -0.05) is 6.42 Å². The second-order valence-electron chi connectivity index (χ2n) is 4.83. The van der Waals surface area contributed by atoms with Gasteiger partial charge in [-0.3, -0.25) is 9.69 Å². The van der Waals surface area contributed by atoms with Gasteiger partial charge in [-0.25, -0.2) is 0 Å². The quantitative estimate of drug-likeness (QED) is 0.647. The maximum absolute atomic E-state index is 11.4. The first-order chi connectivity index (χ1) is 8.74. The van der Waals surface area contributed by atoms with Crippen LogP contribution in [0, 0.1) is 11.3 Å². The first-order valence-corrected chi connectivity index (χ1v) is 6.82. The number of piperidine rings is 1. The third kappa shape index (κ3) is 5.99. The zero-order chi connectivity index (χ0) is 13.2. The molecule has 0 radical (unpaired) electrons. The van der Waals surface area contributed by atoms with E-state index < -0.39 is 0 Å². The predicted octanol–water partition coefficient (Wildman–Crippen LogP) is 0.480. The molecule has 5 heteroatoms. The summed E-state index contributed by atoms with van der Waals surface area (Å²) in [5.41, 5.74) is 0. The number of nitrogens with zero attached hydrogens (tertiary/aromatic N) is 2. The van der Waals surface area contributed by atoms with Gasteiger partial charge in [-0.05, 0) is 32.9 Å². The number of nitrogens with one attached hydrogen (secondary N) is 2. The Kier molecular flexibility index (Phi) is 7.38. The van der Waals surface area contributed by atoms with Gasteiger partial charge >= 0.3 is 0 Å². The second kappa shape index (κ2) is 8.90. The van der Waals surface area contributed by atoms with E-state index in [0.29, 0.717) is 25.6 Å². The first-order valence-electron chi connectivity index (χ1n) is 6.82. The molecule has 0 aromatic rings. The minimum absolute atomic E-state index is 0.0314. The van der Waals surface area contributed by atoms with Crippen molar-refractivity contribution >= 4 is 5.91 Å². The summed E-state index contributed by atoms with van der Waals surface area (Å²) in [4.78, 5) is 13.9. The van der Waals surface area contributed by atoms with Crippen molar-refractivity contribution < 1.29 is 4.79 Å². The lowest BCUT2D eigenvalue weighted by Crippen LogP contribution is -2.45. The molecule has 0 aromatic heterocycles. The Morgan fingerprint density at radius 2 is 2.11 bits per heavy atom. The molecule has 1 rings (SSSR count). The van der Waals surface area contributed by atoms with Crippen LogP contribution in [-0.4, -0.2) is 49.6 Å². The molecule has 1 fully saturated rings. The van der Waals surface area contributed by atoms with E-state index in [0.717, 1.165) is 6.54 Å². The SMILES string of the molecule is CC(CNCC(=O)NCCC#N)N1CCCCC1. The summed E-state index contributed by atoms with van der Waals surface area (Å²) in [6, 6.07) is 2.48. The summed E-state index contributed by atoms with van der Waals surface area (Å²) in [6.45, 7) is 6.17. The molecule has 1 aliphatic heterocycles. The van der Waals surface area contributed by atoms with Crippen LogP contribution in [-0.2, 0) is 4.79 Å². The molecule has 1 aliphatic rings. The fraction of sp³-hybridized carbons (Fsp3) is 0.846. The van der Waals surface area contributed by atoms with E-state index in [2.05, 4.69) is 22.5 Å². The number of hydrogen-bond donors (Lipinski definition) is 2. The van der Waals surface area contributed by atoms with Crippen LogP contribution in [0.4, 0.5) is 0 Å². The maximum Gasteiger partial charge on any atom is 0.233 e. The van der Waals surface area contributed by atoms with Crippen molar-refractivity contribution in [2.45, 2.75) is 38.6 Å². The lowest BCUT2D eigenvalue weighted by Gasteiger charge is -2.32. The zero-order valence-corrected chi connectivity index (χ0v) is 11.2. The van der Waals surface area contributed by atoms with E-state index in [1.54, 1.807) is 0 Å². The number of nitriles is 1. The smallest absolute Gasteiger partial charge is 0.233 e. The fourth-order valence-electron chi connectivity index (χ4n) is 2.20. The van der Waals surface area contributed by atoms with Crippen molar-refractivity contribution in [2.75, 3.05) is 32.7 Å². The van der Waals surface area contributed by atoms with E-state index in [1.165, 1.54) is 32.4 Å². The average Bonchev–Trinajstić information content (AvgIpc) is 2.40. The van der Waals surface area contributed by atoms with Gasteiger partial charge < -0.3 is 10.6 Å². The standard InChI is InChI=1S/C13H24N4O/c1-12(17-8-3-2-4-9-17)10-15-11-13(18)16-7-5-6-14/h12,15H,2-5,7-11H2,1H3,(H,16,18). The predicted molar refractivity (Wildman–Crippen MR) is 71.0 cm³/mol. The molecule has 5 nitrogen and oxygen atoms in total. The summed E-state index contributed by atoms with van der Waals surface area (Å²) in [5, 5.41) is 14.2. The number of carbonyl (C=O) groups is 1. The highest BCUT2D eigenvalue weighted by molar-refractivity contribution is 5.77. The average molecular weight is 252 g/mol. The molecule has 0 aliphatic carbocycles. The van der Waals surface area contributed by atoms with Crippen molar-refractivity contribution in [2.24, 2.45) is 0 Å². The highest BCUT2D eigenvalue weighted by Crippen LogP contribution is 2.11.